The highest BCUT2D eigenvalue weighted by molar-refractivity contribution is 6.30. The van der Waals surface area contributed by atoms with E-state index >= 15 is 0 Å². The Bertz CT molecular complexity index is 533. The second-order valence-corrected chi connectivity index (χ2v) is 4.50. The lowest BCUT2D eigenvalue weighted by atomic mass is 10.0. The van der Waals surface area contributed by atoms with Gasteiger partial charge in [0.1, 0.15) is 17.6 Å². The van der Waals surface area contributed by atoms with E-state index in [1.165, 1.54) is 0 Å². The van der Waals surface area contributed by atoms with Gasteiger partial charge >= 0.3 is 0 Å². The first kappa shape index (κ1) is 10.8. The third-order valence-corrected chi connectivity index (χ3v) is 3.29. The lowest BCUT2D eigenvalue weighted by molar-refractivity contribution is 0.0851. The normalized spacial score (nSPS) is 18.4. The molecule has 4 heteroatoms. The highest BCUT2D eigenvalue weighted by Crippen LogP contribution is 2.37. The van der Waals surface area contributed by atoms with E-state index in [9.17, 15) is 0 Å². The number of hydrogen-bond acceptors (Lipinski definition) is 3. The number of ether oxygens (including phenoxy) is 1. The largest absolute Gasteiger partial charge is 0.362 e. The molecule has 0 aliphatic carbocycles. The van der Waals surface area contributed by atoms with Gasteiger partial charge in [0.2, 0.25) is 0 Å². The van der Waals surface area contributed by atoms with Crippen molar-refractivity contribution in [2.45, 2.75) is 26.1 Å². The lowest BCUT2D eigenvalue weighted by Gasteiger charge is -2.08. The minimum atomic E-state index is -0.119. The maximum absolute atomic E-state index is 5.87. The van der Waals surface area contributed by atoms with Crippen molar-refractivity contribution in [1.29, 1.82) is 0 Å². The van der Waals surface area contributed by atoms with E-state index in [-0.39, 0.29) is 6.10 Å². The van der Waals surface area contributed by atoms with Crippen LogP contribution in [0, 0.1) is 0 Å². The van der Waals surface area contributed by atoms with Crippen LogP contribution in [0.5, 0.6) is 0 Å². The minimum absolute atomic E-state index is 0.119. The molecular formula is C13H12ClNO2. The van der Waals surface area contributed by atoms with E-state index in [0.29, 0.717) is 6.61 Å². The van der Waals surface area contributed by atoms with Crippen LogP contribution in [0.15, 0.2) is 28.8 Å². The Balaban J connectivity index is 1.98. The molecule has 0 saturated carbocycles. The summed E-state index contributed by atoms with van der Waals surface area (Å²) in [6.07, 6.45) is 0.727. The molecule has 0 amide bonds. The van der Waals surface area contributed by atoms with Gasteiger partial charge < -0.3 is 9.26 Å². The molecule has 0 bridgehead atoms. The Hall–Kier alpha value is -1.32. The van der Waals surface area contributed by atoms with Crippen molar-refractivity contribution in [1.82, 2.24) is 5.16 Å². The van der Waals surface area contributed by atoms with Crippen LogP contribution in [0.2, 0.25) is 5.02 Å². The molecular weight excluding hydrogens is 238 g/mol. The molecule has 2 heterocycles. The summed E-state index contributed by atoms with van der Waals surface area (Å²) in [5, 5.41) is 4.84. The smallest absolute Gasteiger partial charge is 0.142 e. The zero-order valence-electron chi connectivity index (χ0n) is 9.44. The van der Waals surface area contributed by atoms with Gasteiger partial charge in [0.05, 0.1) is 6.61 Å². The van der Waals surface area contributed by atoms with Crippen LogP contribution in [0.25, 0.3) is 0 Å². The van der Waals surface area contributed by atoms with E-state index < -0.39 is 0 Å². The number of hydrogen-bond donors (Lipinski definition) is 0. The third-order valence-electron chi connectivity index (χ3n) is 3.04. The van der Waals surface area contributed by atoms with E-state index in [4.69, 9.17) is 20.9 Å². The Morgan fingerprint density at radius 1 is 1.35 bits per heavy atom. The molecule has 88 valence electrons. The molecule has 0 fully saturated rings. The summed E-state index contributed by atoms with van der Waals surface area (Å²) in [4.78, 5) is 0. The molecule has 0 spiro atoms. The topological polar surface area (TPSA) is 35.3 Å². The van der Waals surface area contributed by atoms with Crippen molar-refractivity contribution in [3.8, 4) is 0 Å². The summed E-state index contributed by atoms with van der Waals surface area (Å²) in [5.41, 5.74) is 3.07. The number of aromatic nitrogens is 1. The van der Waals surface area contributed by atoms with E-state index in [0.717, 1.165) is 34.0 Å². The number of nitrogens with zero attached hydrogens (tertiary/aromatic N) is 1. The molecule has 1 aliphatic heterocycles. The maximum atomic E-state index is 5.87. The van der Waals surface area contributed by atoms with Crippen LogP contribution < -0.4 is 0 Å². The van der Waals surface area contributed by atoms with Crippen LogP contribution in [0.4, 0.5) is 0 Å². The molecule has 0 radical (unpaired) electrons. The average Bonchev–Trinajstić information content (AvgIpc) is 2.91. The van der Waals surface area contributed by atoms with E-state index in [1.54, 1.807) is 0 Å². The van der Waals surface area contributed by atoms with Gasteiger partial charge in [-0.2, -0.15) is 0 Å². The van der Waals surface area contributed by atoms with Gasteiger partial charge in [-0.1, -0.05) is 35.8 Å². The van der Waals surface area contributed by atoms with Crippen molar-refractivity contribution < 1.29 is 9.26 Å². The lowest BCUT2D eigenvalue weighted by Crippen LogP contribution is -1.98. The second kappa shape index (κ2) is 4.17. The quantitative estimate of drug-likeness (QED) is 0.817. The monoisotopic (exact) mass is 249 g/mol. The number of aryl methyl sites for hydroxylation is 1. The Kier molecular flexibility index (Phi) is 2.65. The van der Waals surface area contributed by atoms with Crippen molar-refractivity contribution in [3.05, 3.63) is 51.9 Å². The van der Waals surface area contributed by atoms with Crippen LogP contribution >= 0.6 is 11.6 Å². The molecule has 1 aliphatic rings. The molecule has 0 saturated heterocycles. The van der Waals surface area contributed by atoms with Gasteiger partial charge in [-0.05, 0) is 17.7 Å². The van der Waals surface area contributed by atoms with Gasteiger partial charge in [-0.15, -0.1) is 0 Å². The molecule has 1 aromatic heterocycles. The Morgan fingerprint density at radius 3 is 2.82 bits per heavy atom. The number of halogens is 1. The molecule has 17 heavy (non-hydrogen) atoms. The van der Waals surface area contributed by atoms with Crippen LogP contribution in [0.1, 0.15) is 35.6 Å². The number of benzene rings is 1. The molecule has 2 aromatic rings. The fraction of sp³-hybridized carbons (Fsp3) is 0.308. The number of fused-ring (bicyclic) bond motifs is 1. The Labute approximate surface area is 104 Å². The molecule has 1 atom stereocenters. The van der Waals surface area contributed by atoms with Crippen molar-refractivity contribution in [2.24, 2.45) is 0 Å². The van der Waals surface area contributed by atoms with Crippen LogP contribution in [0.3, 0.4) is 0 Å². The first-order chi connectivity index (χ1) is 8.29. The summed E-state index contributed by atoms with van der Waals surface area (Å²) < 4.78 is 11.1. The van der Waals surface area contributed by atoms with Gasteiger partial charge in [0.25, 0.3) is 0 Å². The molecule has 0 N–H and O–H groups in total. The second-order valence-electron chi connectivity index (χ2n) is 4.07. The predicted octanol–water partition coefficient (Wildman–Crippen LogP) is 3.51. The zero-order valence-corrected chi connectivity index (χ0v) is 10.2. The Morgan fingerprint density at radius 2 is 2.12 bits per heavy atom. The summed E-state index contributed by atoms with van der Waals surface area (Å²) in [5.74, 6) is 0.927. The molecule has 3 rings (SSSR count). The van der Waals surface area contributed by atoms with Gasteiger partial charge in [0.15, 0.2) is 0 Å². The summed E-state index contributed by atoms with van der Waals surface area (Å²) in [7, 11) is 0. The first-order valence-electron chi connectivity index (χ1n) is 5.64. The fourth-order valence-corrected chi connectivity index (χ4v) is 2.26. The van der Waals surface area contributed by atoms with Gasteiger partial charge in [0, 0.05) is 17.0 Å². The van der Waals surface area contributed by atoms with Gasteiger partial charge in [-0.3, -0.25) is 0 Å². The standard InChI is InChI=1S/C13H12ClNO2/c1-2-11-10-7-16-13(12(10)15-17-11)8-3-5-9(14)6-4-8/h3-6,13H,2,7H2,1H3. The van der Waals surface area contributed by atoms with Crippen molar-refractivity contribution in [2.75, 3.05) is 0 Å². The fourth-order valence-electron chi connectivity index (χ4n) is 2.13. The molecule has 1 unspecified atom stereocenters. The van der Waals surface area contributed by atoms with Crippen LogP contribution in [-0.2, 0) is 17.8 Å². The van der Waals surface area contributed by atoms with Gasteiger partial charge in [-0.25, -0.2) is 0 Å². The SMILES string of the molecule is CCc1onc2c1COC2c1ccc(Cl)cc1. The highest BCUT2D eigenvalue weighted by Gasteiger charge is 2.31. The summed E-state index contributed by atoms with van der Waals surface area (Å²) in [6, 6.07) is 7.64. The van der Waals surface area contributed by atoms with Crippen LogP contribution in [-0.4, -0.2) is 5.16 Å². The number of rotatable bonds is 2. The summed E-state index contributed by atoms with van der Waals surface area (Å²) in [6.45, 7) is 2.63. The van der Waals surface area contributed by atoms with E-state index in [2.05, 4.69) is 12.1 Å². The van der Waals surface area contributed by atoms with Crippen molar-refractivity contribution in [3.63, 3.8) is 0 Å². The predicted molar refractivity (Wildman–Crippen MR) is 64.0 cm³/mol. The van der Waals surface area contributed by atoms with E-state index in [1.807, 2.05) is 24.3 Å². The first-order valence-corrected chi connectivity index (χ1v) is 6.01. The maximum Gasteiger partial charge on any atom is 0.142 e. The minimum Gasteiger partial charge on any atom is -0.362 e. The third kappa shape index (κ3) is 1.75. The highest BCUT2D eigenvalue weighted by atomic mass is 35.5. The zero-order chi connectivity index (χ0) is 11.8. The molecule has 3 nitrogen and oxygen atoms in total. The molecule has 1 aromatic carbocycles. The van der Waals surface area contributed by atoms with Crippen molar-refractivity contribution >= 4 is 11.6 Å². The summed E-state index contributed by atoms with van der Waals surface area (Å²) >= 11 is 5.87. The average molecular weight is 250 g/mol.